The zero-order chi connectivity index (χ0) is 24.1. The lowest BCUT2D eigenvalue weighted by atomic mass is 9.78. The van der Waals surface area contributed by atoms with E-state index in [0.717, 1.165) is 24.1 Å². The number of amides is 1. The van der Waals surface area contributed by atoms with Gasteiger partial charge in [0.15, 0.2) is 5.69 Å². The van der Waals surface area contributed by atoms with Gasteiger partial charge in [0.1, 0.15) is 5.82 Å². The molecule has 1 aliphatic rings. The van der Waals surface area contributed by atoms with Gasteiger partial charge in [-0.25, -0.2) is 4.39 Å². The fraction of sp³-hybridized carbons (Fsp3) is 0.385. The van der Waals surface area contributed by atoms with Crippen molar-refractivity contribution in [2.24, 2.45) is 5.92 Å². The molecule has 1 saturated heterocycles. The summed E-state index contributed by atoms with van der Waals surface area (Å²) in [6, 6.07) is 15.8. The number of halogens is 1. The van der Waals surface area contributed by atoms with E-state index in [2.05, 4.69) is 10.2 Å². The predicted molar refractivity (Wildman–Crippen MR) is 125 cm³/mol. The summed E-state index contributed by atoms with van der Waals surface area (Å²) in [5.41, 5.74) is 2.65. The van der Waals surface area contributed by atoms with Crippen LogP contribution < -0.4 is 0 Å². The van der Waals surface area contributed by atoms with Crippen molar-refractivity contribution in [3.05, 3.63) is 77.4 Å². The fourth-order valence-corrected chi connectivity index (χ4v) is 4.57. The van der Waals surface area contributed by atoms with Gasteiger partial charge in [-0.2, -0.15) is 9.90 Å². The molecule has 0 radical (unpaired) electrons. The number of likely N-dealkylation sites (tertiary alicyclic amines) is 1. The van der Waals surface area contributed by atoms with Crippen LogP contribution in [0.25, 0.3) is 5.69 Å². The Morgan fingerprint density at radius 3 is 2.38 bits per heavy atom. The first-order valence-electron chi connectivity index (χ1n) is 11.7. The van der Waals surface area contributed by atoms with Crippen molar-refractivity contribution in [3.8, 4) is 5.69 Å². The molecule has 1 aromatic heterocycles. The average molecular weight is 465 g/mol. The van der Waals surface area contributed by atoms with E-state index in [9.17, 15) is 14.0 Å². The minimum Gasteiger partial charge on any atom is -0.466 e. The SMILES string of the molecule is CCOC(=O)C[C@H](c1ccc(F)cc1)C1CCN(C(=O)c2nn(-c3ccccc3)nc2C)CC1. The molecule has 0 saturated carbocycles. The van der Waals surface area contributed by atoms with Gasteiger partial charge in [0, 0.05) is 13.1 Å². The fourth-order valence-electron chi connectivity index (χ4n) is 4.57. The minimum atomic E-state index is -0.307. The van der Waals surface area contributed by atoms with Gasteiger partial charge in [0.25, 0.3) is 5.91 Å². The number of hydrogen-bond donors (Lipinski definition) is 0. The van der Waals surface area contributed by atoms with Crippen molar-refractivity contribution in [2.75, 3.05) is 19.7 Å². The monoisotopic (exact) mass is 464 g/mol. The van der Waals surface area contributed by atoms with Crippen LogP contribution in [0, 0.1) is 18.7 Å². The highest BCUT2D eigenvalue weighted by molar-refractivity contribution is 5.93. The highest BCUT2D eigenvalue weighted by atomic mass is 19.1. The normalized spacial score (nSPS) is 15.2. The number of nitrogens with zero attached hydrogens (tertiary/aromatic N) is 4. The summed E-state index contributed by atoms with van der Waals surface area (Å²) in [5, 5.41) is 8.86. The van der Waals surface area contributed by atoms with Crippen molar-refractivity contribution >= 4 is 11.9 Å². The number of benzene rings is 2. The molecular weight excluding hydrogens is 435 g/mol. The molecule has 1 fully saturated rings. The summed E-state index contributed by atoms with van der Waals surface area (Å²) in [7, 11) is 0. The van der Waals surface area contributed by atoms with Crippen molar-refractivity contribution in [3.63, 3.8) is 0 Å². The molecule has 0 spiro atoms. The third-order valence-electron chi connectivity index (χ3n) is 6.36. The molecule has 0 aliphatic carbocycles. The Labute approximate surface area is 198 Å². The predicted octanol–water partition coefficient (Wildman–Crippen LogP) is 4.30. The van der Waals surface area contributed by atoms with Crippen molar-refractivity contribution in [2.45, 2.75) is 39.0 Å². The van der Waals surface area contributed by atoms with E-state index >= 15 is 0 Å². The zero-order valence-corrected chi connectivity index (χ0v) is 19.5. The maximum atomic E-state index is 13.5. The minimum absolute atomic E-state index is 0.0856. The van der Waals surface area contributed by atoms with Crippen LogP contribution in [0.5, 0.6) is 0 Å². The van der Waals surface area contributed by atoms with Crippen LogP contribution in [0.2, 0.25) is 0 Å². The van der Waals surface area contributed by atoms with Gasteiger partial charge in [0.05, 0.1) is 24.4 Å². The van der Waals surface area contributed by atoms with Gasteiger partial charge in [-0.05, 0) is 68.4 Å². The van der Waals surface area contributed by atoms with Gasteiger partial charge >= 0.3 is 5.97 Å². The first-order valence-corrected chi connectivity index (χ1v) is 11.7. The molecular formula is C26H29FN4O3. The van der Waals surface area contributed by atoms with E-state index in [1.54, 1.807) is 30.9 Å². The Kier molecular flexibility index (Phi) is 7.35. The van der Waals surface area contributed by atoms with E-state index in [1.807, 2.05) is 30.3 Å². The van der Waals surface area contributed by atoms with Gasteiger partial charge in [-0.1, -0.05) is 30.3 Å². The number of rotatable bonds is 7. The number of ether oxygens (including phenoxy) is 1. The Hall–Kier alpha value is -3.55. The zero-order valence-electron chi connectivity index (χ0n) is 19.5. The standard InChI is InChI=1S/C26H29FN4O3/c1-3-34-24(32)17-23(19-9-11-21(27)12-10-19)20-13-15-30(16-14-20)26(33)25-18(2)28-31(29-25)22-7-5-4-6-8-22/h4-12,20,23H,3,13-17H2,1-2H3/t23-/m1/s1. The number of aryl methyl sites for hydroxylation is 1. The van der Waals surface area contributed by atoms with Crippen molar-refractivity contribution in [1.82, 2.24) is 19.9 Å². The third-order valence-corrected chi connectivity index (χ3v) is 6.36. The van der Waals surface area contributed by atoms with E-state index in [-0.39, 0.29) is 36.0 Å². The van der Waals surface area contributed by atoms with Crippen LogP contribution in [0.15, 0.2) is 54.6 Å². The molecule has 178 valence electrons. The quantitative estimate of drug-likeness (QED) is 0.487. The molecule has 2 heterocycles. The topological polar surface area (TPSA) is 77.3 Å². The molecule has 1 aliphatic heterocycles. The number of carbonyl (C=O) groups is 2. The van der Waals surface area contributed by atoms with E-state index in [0.29, 0.717) is 31.1 Å². The number of piperidine rings is 1. The molecule has 0 unspecified atom stereocenters. The molecule has 0 bridgehead atoms. The number of esters is 1. The molecule has 8 heteroatoms. The van der Waals surface area contributed by atoms with Crippen LogP contribution in [0.1, 0.15) is 53.8 Å². The van der Waals surface area contributed by atoms with Gasteiger partial charge in [-0.15, -0.1) is 5.10 Å². The summed E-state index contributed by atoms with van der Waals surface area (Å²) >= 11 is 0. The highest BCUT2D eigenvalue weighted by Crippen LogP contribution is 2.36. The first kappa shape index (κ1) is 23.6. The lowest BCUT2D eigenvalue weighted by molar-refractivity contribution is -0.144. The summed E-state index contributed by atoms with van der Waals surface area (Å²) in [6.45, 7) is 5.01. The Balaban J connectivity index is 1.45. The summed E-state index contributed by atoms with van der Waals surface area (Å²) < 4.78 is 18.7. The lowest BCUT2D eigenvalue weighted by Gasteiger charge is -2.36. The molecule has 2 aromatic carbocycles. The number of carbonyl (C=O) groups excluding carboxylic acids is 2. The maximum absolute atomic E-state index is 13.5. The van der Waals surface area contributed by atoms with Crippen LogP contribution >= 0.6 is 0 Å². The highest BCUT2D eigenvalue weighted by Gasteiger charge is 2.32. The maximum Gasteiger partial charge on any atom is 0.306 e. The molecule has 34 heavy (non-hydrogen) atoms. The van der Waals surface area contributed by atoms with E-state index in [4.69, 9.17) is 4.74 Å². The second-order valence-corrected chi connectivity index (χ2v) is 8.56. The van der Waals surface area contributed by atoms with Gasteiger partial charge in [0.2, 0.25) is 0 Å². The Bertz CT molecular complexity index is 1120. The summed E-state index contributed by atoms with van der Waals surface area (Å²) in [6.07, 6.45) is 1.71. The van der Waals surface area contributed by atoms with E-state index in [1.165, 1.54) is 16.9 Å². The van der Waals surface area contributed by atoms with Crippen molar-refractivity contribution < 1.29 is 18.7 Å². The molecule has 4 rings (SSSR count). The number of aromatic nitrogens is 3. The molecule has 7 nitrogen and oxygen atoms in total. The Morgan fingerprint density at radius 1 is 1.06 bits per heavy atom. The number of hydrogen-bond acceptors (Lipinski definition) is 5. The molecule has 1 atom stereocenters. The summed E-state index contributed by atoms with van der Waals surface area (Å²) in [4.78, 5) is 28.8. The largest absolute Gasteiger partial charge is 0.466 e. The van der Waals surface area contributed by atoms with Crippen LogP contribution in [0.3, 0.4) is 0 Å². The molecule has 1 amide bonds. The van der Waals surface area contributed by atoms with Crippen LogP contribution in [-0.2, 0) is 9.53 Å². The van der Waals surface area contributed by atoms with Gasteiger partial charge in [-0.3, -0.25) is 9.59 Å². The second-order valence-electron chi connectivity index (χ2n) is 8.56. The first-order chi connectivity index (χ1) is 16.5. The lowest BCUT2D eigenvalue weighted by Crippen LogP contribution is -2.40. The molecule has 3 aromatic rings. The smallest absolute Gasteiger partial charge is 0.306 e. The Morgan fingerprint density at radius 2 is 1.74 bits per heavy atom. The molecule has 0 N–H and O–H groups in total. The van der Waals surface area contributed by atoms with E-state index < -0.39 is 0 Å². The summed E-state index contributed by atoms with van der Waals surface area (Å²) in [5.74, 6) is -0.610. The van der Waals surface area contributed by atoms with Crippen LogP contribution in [0.4, 0.5) is 4.39 Å². The van der Waals surface area contributed by atoms with Crippen molar-refractivity contribution in [1.29, 1.82) is 0 Å². The van der Waals surface area contributed by atoms with Gasteiger partial charge < -0.3 is 9.64 Å². The number of para-hydroxylation sites is 1. The average Bonchev–Trinajstić information content (AvgIpc) is 3.25. The third kappa shape index (κ3) is 5.32. The second kappa shape index (κ2) is 10.6. The van der Waals surface area contributed by atoms with Crippen LogP contribution in [-0.4, -0.2) is 51.5 Å².